The molecule has 1 amide bonds. The van der Waals surface area contributed by atoms with E-state index in [1.807, 2.05) is 0 Å². The van der Waals surface area contributed by atoms with Crippen molar-refractivity contribution in [2.24, 2.45) is 11.3 Å². The lowest BCUT2D eigenvalue weighted by Gasteiger charge is -2.48. The van der Waals surface area contributed by atoms with Gasteiger partial charge in [0.1, 0.15) is 0 Å². The van der Waals surface area contributed by atoms with Gasteiger partial charge in [-0.1, -0.05) is 30.3 Å². The number of nitrogens with zero attached hydrogens (tertiary/aromatic N) is 2. The Hall–Kier alpha value is -1.43. The van der Waals surface area contributed by atoms with Gasteiger partial charge in [-0.2, -0.15) is 0 Å². The lowest BCUT2D eigenvalue weighted by Crippen LogP contribution is -2.53. The highest BCUT2D eigenvalue weighted by molar-refractivity contribution is 5.76. The van der Waals surface area contributed by atoms with Gasteiger partial charge in [0.05, 0.1) is 0 Å². The van der Waals surface area contributed by atoms with Crippen LogP contribution in [0.3, 0.4) is 0 Å². The number of hydrazine groups is 1. The summed E-state index contributed by atoms with van der Waals surface area (Å²) >= 11 is 0. The molecule has 3 fully saturated rings. The first kappa shape index (κ1) is 18.9. The fraction of sp³-hybridized carbons (Fsp3) is 0.682. The Balaban J connectivity index is 1.32. The highest BCUT2D eigenvalue weighted by Gasteiger charge is 2.40. The first-order valence-corrected chi connectivity index (χ1v) is 10.7. The summed E-state index contributed by atoms with van der Waals surface area (Å²) in [5, 5.41) is 0. The van der Waals surface area contributed by atoms with Gasteiger partial charge in [0.25, 0.3) is 0 Å². The molecule has 4 rings (SSSR count). The summed E-state index contributed by atoms with van der Waals surface area (Å²) in [6.07, 6.45) is 6.68. The molecule has 1 aromatic rings. The Bertz CT molecular complexity index is 612. The molecule has 148 valence electrons. The zero-order valence-corrected chi connectivity index (χ0v) is 16.5. The Labute approximate surface area is 163 Å². The van der Waals surface area contributed by atoms with Crippen molar-refractivity contribution >= 4 is 5.91 Å². The zero-order chi connectivity index (χ0) is 18.5. The van der Waals surface area contributed by atoms with Crippen LogP contribution in [-0.2, 0) is 11.3 Å². The molecule has 1 unspecified atom stereocenters. The summed E-state index contributed by atoms with van der Waals surface area (Å²) in [7, 11) is 0. The van der Waals surface area contributed by atoms with E-state index in [0.717, 1.165) is 52.1 Å². The normalized spacial score (nSPS) is 27.3. The third kappa shape index (κ3) is 4.89. The van der Waals surface area contributed by atoms with Crippen molar-refractivity contribution in [2.75, 3.05) is 39.3 Å². The van der Waals surface area contributed by atoms with Crippen LogP contribution in [0.5, 0.6) is 0 Å². The molecule has 0 aromatic heterocycles. The van der Waals surface area contributed by atoms with Crippen LogP contribution in [0.25, 0.3) is 0 Å². The number of piperidine rings is 2. The maximum Gasteiger partial charge on any atom is 0.222 e. The smallest absolute Gasteiger partial charge is 0.222 e. The summed E-state index contributed by atoms with van der Waals surface area (Å²) in [6.45, 7) is 7.28. The fourth-order valence-electron chi connectivity index (χ4n) is 5.24. The van der Waals surface area contributed by atoms with E-state index >= 15 is 0 Å². The standard InChI is InChI=1S/C22H34N4O/c27-21(9-8-20-14-23-24-15-20)26-13-5-11-22(18-26)10-4-12-25(17-22)16-19-6-2-1-3-7-19/h1-3,6-7,20,23-24H,4-5,8-18H2. The van der Waals surface area contributed by atoms with Crippen LogP contribution in [0.15, 0.2) is 30.3 Å². The number of amides is 1. The molecule has 2 N–H and O–H groups in total. The highest BCUT2D eigenvalue weighted by atomic mass is 16.2. The van der Waals surface area contributed by atoms with E-state index in [0.29, 0.717) is 23.7 Å². The van der Waals surface area contributed by atoms with Crippen molar-refractivity contribution in [3.63, 3.8) is 0 Å². The van der Waals surface area contributed by atoms with Crippen LogP contribution in [0, 0.1) is 11.3 Å². The van der Waals surface area contributed by atoms with E-state index < -0.39 is 0 Å². The number of hydrogen-bond donors (Lipinski definition) is 2. The van der Waals surface area contributed by atoms with Crippen LogP contribution in [0.2, 0.25) is 0 Å². The predicted molar refractivity (Wildman–Crippen MR) is 108 cm³/mol. The number of hydrogen-bond acceptors (Lipinski definition) is 4. The summed E-state index contributed by atoms with van der Waals surface area (Å²) in [6, 6.07) is 10.8. The number of rotatable bonds is 5. The molecule has 1 spiro atoms. The zero-order valence-electron chi connectivity index (χ0n) is 16.5. The Kier molecular flexibility index (Phi) is 6.11. The van der Waals surface area contributed by atoms with Crippen molar-refractivity contribution in [2.45, 2.75) is 45.1 Å². The number of benzene rings is 1. The van der Waals surface area contributed by atoms with Gasteiger partial charge in [0.15, 0.2) is 0 Å². The maximum atomic E-state index is 12.8. The minimum atomic E-state index is 0.317. The van der Waals surface area contributed by atoms with Crippen molar-refractivity contribution in [1.29, 1.82) is 0 Å². The number of carbonyl (C=O) groups is 1. The summed E-state index contributed by atoms with van der Waals surface area (Å²) < 4.78 is 0. The first-order chi connectivity index (χ1) is 13.2. The number of likely N-dealkylation sites (tertiary alicyclic amines) is 2. The van der Waals surface area contributed by atoms with Crippen LogP contribution in [0.4, 0.5) is 0 Å². The van der Waals surface area contributed by atoms with Gasteiger partial charge in [-0.05, 0) is 50.1 Å². The van der Waals surface area contributed by atoms with E-state index in [1.165, 1.54) is 31.4 Å². The van der Waals surface area contributed by atoms with Crippen LogP contribution >= 0.6 is 0 Å². The van der Waals surface area contributed by atoms with Gasteiger partial charge in [-0.3, -0.25) is 20.5 Å². The molecule has 3 heterocycles. The van der Waals surface area contributed by atoms with Crippen LogP contribution in [0.1, 0.15) is 44.1 Å². The summed E-state index contributed by atoms with van der Waals surface area (Å²) in [4.78, 5) is 17.6. The Morgan fingerprint density at radius 2 is 1.78 bits per heavy atom. The van der Waals surface area contributed by atoms with Gasteiger partial charge in [0.2, 0.25) is 5.91 Å². The summed E-state index contributed by atoms with van der Waals surface area (Å²) in [5.41, 5.74) is 8.05. The lowest BCUT2D eigenvalue weighted by molar-refractivity contribution is -0.136. The second-order valence-corrected chi connectivity index (χ2v) is 8.89. The number of carbonyl (C=O) groups excluding carboxylic acids is 1. The van der Waals surface area contributed by atoms with E-state index in [2.05, 4.69) is 51.0 Å². The lowest BCUT2D eigenvalue weighted by atomic mass is 9.73. The number of nitrogens with one attached hydrogen (secondary N) is 2. The van der Waals surface area contributed by atoms with E-state index in [-0.39, 0.29) is 0 Å². The van der Waals surface area contributed by atoms with E-state index in [4.69, 9.17) is 0 Å². The molecule has 3 saturated heterocycles. The van der Waals surface area contributed by atoms with Crippen molar-refractivity contribution in [3.05, 3.63) is 35.9 Å². The Morgan fingerprint density at radius 1 is 1.04 bits per heavy atom. The van der Waals surface area contributed by atoms with Gasteiger partial charge in [-0.15, -0.1) is 0 Å². The van der Waals surface area contributed by atoms with Gasteiger partial charge in [0, 0.05) is 51.1 Å². The molecule has 0 aliphatic carbocycles. The molecular weight excluding hydrogens is 336 g/mol. The largest absolute Gasteiger partial charge is 0.342 e. The molecule has 0 saturated carbocycles. The van der Waals surface area contributed by atoms with Gasteiger partial charge >= 0.3 is 0 Å². The molecule has 27 heavy (non-hydrogen) atoms. The minimum absolute atomic E-state index is 0.317. The quantitative estimate of drug-likeness (QED) is 0.836. The average molecular weight is 371 g/mol. The molecular formula is C22H34N4O. The molecule has 3 aliphatic heterocycles. The van der Waals surface area contributed by atoms with Crippen LogP contribution < -0.4 is 10.9 Å². The fourth-order valence-corrected chi connectivity index (χ4v) is 5.24. The molecule has 0 radical (unpaired) electrons. The summed E-state index contributed by atoms with van der Waals surface area (Å²) in [5.74, 6) is 0.977. The first-order valence-electron chi connectivity index (χ1n) is 10.7. The van der Waals surface area contributed by atoms with Gasteiger partial charge < -0.3 is 4.90 Å². The van der Waals surface area contributed by atoms with E-state index in [1.54, 1.807) is 0 Å². The molecule has 5 nitrogen and oxygen atoms in total. The molecule has 1 atom stereocenters. The monoisotopic (exact) mass is 370 g/mol. The molecule has 1 aromatic carbocycles. The minimum Gasteiger partial charge on any atom is -0.342 e. The molecule has 5 heteroatoms. The van der Waals surface area contributed by atoms with E-state index in [9.17, 15) is 4.79 Å². The second kappa shape index (κ2) is 8.72. The third-order valence-corrected chi connectivity index (χ3v) is 6.68. The predicted octanol–water partition coefficient (Wildman–Crippen LogP) is 2.40. The maximum absolute atomic E-state index is 12.8. The van der Waals surface area contributed by atoms with Crippen molar-refractivity contribution in [1.82, 2.24) is 20.7 Å². The molecule has 0 bridgehead atoms. The van der Waals surface area contributed by atoms with Crippen LogP contribution in [-0.4, -0.2) is 55.0 Å². The molecule has 3 aliphatic rings. The average Bonchev–Trinajstić information content (AvgIpc) is 3.21. The van der Waals surface area contributed by atoms with Crippen molar-refractivity contribution < 1.29 is 4.79 Å². The highest BCUT2D eigenvalue weighted by Crippen LogP contribution is 2.39. The van der Waals surface area contributed by atoms with Gasteiger partial charge in [-0.25, -0.2) is 0 Å². The Morgan fingerprint density at radius 3 is 2.56 bits per heavy atom. The topological polar surface area (TPSA) is 47.6 Å². The SMILES string of the molecule is O=C(CCC1CNNC1)N1CCCC2(CCCN(Cc3ccccc3)C2)C1. The third-order valence-electron chi connectivity index (χ3n) is 6.68. The second-order valence-electron chi connectivity index (χ2n) is 8.89. The van der Waals surface area contributed by atoms with Crippen molar-refractivity contribution in [3.8, 4) is 0 Å².